The van der Waals surface area contributed by atoms with Gasteiger partial charge in [-0.05, 0) is 48.1 Å². The molecule has 0 aliphatic heterocycles. The molecular weight excluding hydrogens is 224 g/mol. The van der Waals surface area contributed by atoms with Crippen molar-refractivity contribution in [3.8, 4) is 5.75 Å². The Labute approximate surface area is 107 Å². The summed E-state index contributed by atoms with van der Waals surface area (Å²) in [5.74, 6) is 0.926. The van der Waals surface area contributed by atoms with Gasteiger partial charge in [-0.15, -0.1) is 0 Å². The van der Waals surface area contributed by atoms with E-state index in [0.29, 0.717) is 18.1 Å². The summed E-state index contributed by atoms with van der Waals surface area (Å²) in [6.45, 7) is 4.40. The van der Waals surface area contributed by atoms with Crippen molar-refractivity contribution >= 4 is 5.78 Å². The number of hydrogen-bond acceptors (Lipinski definition) is 2. The van der Waals surface area contributed by atoms with E-state index in [-0.39, 0.29) is 11.2 Å². The highest BCUT2D eigenvalue weighted by molar-refractivity contribution is 5.92. The number of phenols is 1. The fraction of sp³-hybridized carbons (Fsp3) is 0.438. The van der Waals surface area contributed by atoms with Crippen molar-refractivity contribution in [1.29, 1.82) is 0 Å². The van der Waals surface area contributed by atoms with Gasteiger partial charge in [0.2, 0.25) is 0 Å². The van der Waals surface area contributed by atoms with Crippen molar-refractivity contribution < 1.29 is 9.90 Å². The highest BCUT2D eigenvalue weighted by Gasteiger charge is 2.43. The molecule has 2 nitrogen and oxygen atoms in total. The molecule has 0 saturated carbocycles. The van der Waals surface area contributed by atoms with Gasteiger partial charge in [-0.1, -0.05) is 25.5 Å². The van der Waals surface area contributed by atoms with E-state index in [1.54, 1.807) is 6.07 Å². The first-order chi connectivity index (χ1) is 8.51. The van der Waals surface area contributed by atoms with E-state index < -0.39 is 0 Å². The summed E-state index contributed by atoms with van der Waals surface area (Å²) >= 11 is 0. The summed E-state index contributed by atoms with van der Waals surface area (Å²) in [6.07, 6.45) is 4.34. The molecule has 2 aliphatic rings. The van der Waals surface area contributed by atoms with Gasteiger partial charge in [-0.3, -0.25) is 4.79 Å². The van der Waals surface area contributed by atoms with Crippen molar-refractivity contribution in [1.82, 2.24) is 0 Å². The third-order valence-corrected chi connectivity index (χ3v) is 4.81. The average molecular weight is 242 g/mol. The lowest BCUT2D eigenvalue weighted by Crippen LogP contribution is -2.40. The van der Waals surface area contributed by atoms with Crippen LogP contribution in [0.3, 0.4) is 0 Å². The number of aryl methyl sites for hydroxylation is 1. The van der Waals surface area contributed by atoms with Crippen molar-refractivity contribution in [3.05, 3.63) is 41.0 Å². The lowest BCUT2D eigenvalue weighted by atomic mass is 9.58. The number of fused-ring (bicyclic) bond motifs is 3. The number of rotatable bonds is 0. The van der Waals surface area contributed by atoms with E-state index in [1.165, 1.54) is 16.7 Å². The summed E-state index contributed by atoms with van der Waals surface area (Å²) in [4.78, 5) is 11.7. The van der Waals surface area contributed by atoms with Gasteiger partial charge in [0.25, 0.3) is 0 Å². The standard InChI is InChI=1S/C16H18O2/c1-10-7-14(18)9-12-4-3-11-8-13(17)5-6-15(11)16(10,12)2/h5-6,8-10,17H,3-4,7H2,1-2H3/t10?,16-/m1/s1. The van der Waals surface area contributed by atoms with E-state index in [0.717, 1.165) is 12.8 Å². The SMILES string of the molecule is CC1CC(=O)C=C2CCc3cc(O)ccc3[C@@]21C. The Kier molecular flexibility index (Phi) is 2.37. The summed E-state index contributed by atoms with van der Waals surface area (Å²) in [5, 5.41) is 9.61. The third kappa shape index (κ3) is 1.45. The van der Waals surface area contributed by atoms with Crippen LogP contribution in [0.25, 0.3) is 0 Å². The molecule has 0 heterocycles. The number of aromatic hydroxyl groups is 1. The van der Waals surface area contributed by atoms with Crippen LogP contribution in [0.5, 0.6) is 5.75 Å². The molecule has 0 spiro atoms. The zero-order valence-corrected chi connectivity index (χ0v) is 10.9. The summed E-state index contributed by atoms with van der Waals surface area (Å²) in [5.41, 5.74) is 3.76. The minimum absolute atomic E-state index is 0.0325. The maximum atomic E-state index is 11.7. The number of hydrogen-bond donors (Lipinski definition) is 1. The van der Waals surface area contributed by atoms with Crippen LogP contribution in [0, 0.1) is 5.92 Å². The summed E-state index contributed by atoms with van der Waals surface area (Å²) < 4.78 is 0. The van der Waals surface area contributed by atoms with Crippen LogP contribution in [0.15, 0.2) is 29.8 Å². The van der Waals surface area contributed by atoms with Crippen molar-refractivity contribution in [2.45, 2.75) is 38.5 Å². The highest BCUT2D eigenvalue weighted by atomic mass is 16.3. The van der Waals surface area contributed by atoms with E-state index in [2.05, 4.69) is 13.8 Å². The maximum absolute atomic E-state index is 11.7. The number of phenolic OH excluding ortho intramolecular Hbond substituents is 1. The van der Waals surface area contributed by atoms with E-state index in [4.69, 9.17) is 0 Å². The Hall–Kier alpha value is -1.57. The summed E-state index contributed by atoms with van der Waals surface area (Å²) in [6, 6.07) is 5.67. The minimum atomic E-state index is -0.0325. The van der Waals surface area contributed by atoms with E-state index >= 15 is 0 Å². The van der Waals surface area contributed by atoms with Crippen molar-refractivity contribution in [3.63, 3.8) is 0 Å². The predicted octanol–water partition coefficient (Wildman–Crippen LogP) is 3.13. The number of carbonyl (C=O) groups excluding carboxylic acids is 1. The molecule has 1 aromatic carbocycles. The quantitative estimate of drug-likeness (QED) is 0.759. The van der Waals surface area contributed by atoms with Crippen molar-refractivity contribution in [2.24, 2.45) is 5.92 Å². The number of ketones is 1. The first-order valence-corrected chi connectivity index (χ1v) is 6.58. The van der Waals surface area contributed by atoms with Gasteiger partial charge in [-0.2, -0.15) is 0 Å². The van der Waals surface area contributed by atoms with Gasteiger partial charge in [0, 0.05) is 11.8 Å². The van der Waals surface area contributed by atoms with Gasteiger partial charge in [0.1, 0.15) is 5.75 Å². The van der Waals surface area contributed by atoms with Gasteiger partial charge >= 0.3 is 0 Å². The number of carbonyl (C=O) groups is 1. The molecule has 94 valence electrons. The topological polar surface area (TPSA) is 37.3 Å². The number of allylic oxidation sites excluding steroid dienone is 2. The first kappa shape index (κ1) is 11.5. The van der Waals surface area contributed by atoms with Crippen LogP contribution >= 0.6 is 0 Å². The molecule has 2 heteroatoms. The highest BCUT2D eigenvalue weighted by Crippen LogP contribution is 2.49. The molecule has 1 unspecified atom stereocenters. The second kappa shape index (κ2) is 3.71. The lowest BCUT2D eigenvalue weighted by molar-refractivity contribution is -0.116. The first-order valence-electron chi connectivity index (χ1n) is 6.58. The van der Waals surface area contributed by atoms with Crippen LogP contribution in [-0.2, 0) is 16.6 Å². The fourth-order valence-electron chi connectivity index (χ4n) is 3.56. The molecule has 0 radical (unpaired) electrons. The zero-order valence-electron chi connectivity index (χ0n) is 10.9. The molecule has 3 rings (SSSR count). The average Bonchev–Trinajstić information content (AvgIpc) is 2.31. The third-order valence-electron chi connectivity index (χ3n) is 4.81. The van der Waals surface area contributed by atoms with Crippen LogP contribution in [-0.4, -0.2) is 10.9 Å². The Balaban J connectivity index is 2.21. The van der Waals surface area contributed by atoms with Crippen LogP contribution in [0.2, 0.25) is 0 Å². The smallest absolute Gasteiger partial charge is 0.155 e. The predicted molar refractivity (Wildman–Crippen MR) is 70.7 cm³/mol. The van der Waals surface area contributed by atoms with Gasteiger partial charge in [0.05, 0.1) is 0 Å². The molecule has 1 N–H and O–H groups in total. The molecule has 1 aromatic rings. The van der Waals surface area contributed by atoms with Crippen LogP contribution in [0.1, 0.15) is 37.8 Å². The molecule has 0 amide bonds. The number of benzene rings is 1. The Morgan fingerprint density at radius 2 is 2.11 bits per heavy atom. The summed E-state index contributed by atoms with van der Waals surface area (Å²) in [7, 11) is 0. The van der Waals surface area contributed by atoms with Crippen LogP contribution in [0.4, 0.5) is 0 Å². The molecule has 0 bridgehead atoms. The molecule has 0 aromatic heterocycles. The molecule has 0 fully saturated rings. The molecule has 18 heavy (non-hydrogen) atoms. The molecule has 2 aliphatic carbocycles. The second-order valence-electron chi connectivity index (χ2n) is 5.78. The Morgan fingerprint density at radius 1 is 1.33 bits per heavy atom. The normalized spacial score (nSPS) is 30.4. The largest absolute Gasteiger partial charge is 0.508 e. The molecule has 0 saturated heterocycles. The van der Waals surface area contributed by atoms with E-state index in [9.17, 15) is 9.90 Å². The van der Waals surface area contributed by atoms with Gasteiger partial charge in [-0.25, -0.2) is 0 Å². The van der Waals surface area contributed by atoms with Gasteiger partial charge < -0.3 is 5.11 Å². The van der Waals surface area contributed by atoms with Gasteiger partial charge in [0.15, 0.2) is 5.78 Å². The lowest BCUT2D eigenvalue weighted by Gasteiger charge is -2.45. The maximum Gasteiger partial charge on any atom is 0.155 e. The zero-order chi connectivity index (χ0) is 12.9. The Morgan fingerprint density at radius 3 is 2.89 bits per heavy atom. The van der Waals surface area contributed by atoms with Crippen LogP contribution < -0.4 is 0 Å². The minimum Gasteiger partial charge on any atom is -0.508 e. The monoisotopic (exact) mass is 242 g/mol. The molecule has 2 atom stereocenters. The fourth-order valence-corrected chi connectivity index (χ4v) is 3.56. The Bertz CT molecular complexity index is 556. The molecular formula is C16H18O2. The van der Waals surface area contributed by atoms with Crippen molar-refractivity contribution in [2.75, 3.05) is 0 Å². The second-order valence-corrected chi connectivity index (χ2v) is 5.78. The van der Waals surface area contributed by atoms with E-state index in [1.807, 2.05) is 18.2 Å².